The van der Waals surface area contributed by atoms with Gasteiger partial charge in [-0.2, -0.15) is 13.2 Å². The van der Waals surface area contributed by atoms with E-state index in [-0.39, 0.29) is 28.4 Å². The molecule has 0 saturated carbocycles. The first-order valence-corrected chi connectivity index (χ1v) is 17.5. The van der Waals surface area contributed by atoms with Gasteiger partial charge in [0.25, 0.3) is 5.91 Å². The number of carbonyl (C=O) groups is 3. The van der Waals surface area contributed by atoms with Crippen LogP contribution in [0.25, 0.3) is 10.8 Å². The van der Waals surface area contributed by atoms with Gasteiger partial charge in [-0.05, 0) is 97.8 Å². The number of sulfone groups is 1. The molecule has 5 rings (SSSR count). The lowest BCUT2D eigenvalue weighted by atomic mass is 10.0. The molecule has 0 bridgehead atoms. The lowest BCUT2D eigenvalue weighted by molar-refractivity contribution is -0.199. The number of nitrogen functional groups attached to an aromatic ring is 1. The summed E-state index contributed by atoms with van der Waals surface area (Å²) in [7, 11) is -2.69. The van der Waals surface area contributed by atoms with Crippen LogP contribution in [0.4, 0.5) is 34.8 Å². The van der Waals surface area contributed by atoms with E-state index < -0.39 is 63.6 Å². The fourth-order valence-electron chi connectivity index (χ4n) is 5.93. The Morgan fingerprint density at radius 1 is 1.04 bits per heavy atom. The topological polar surface area (TPSA) is 170 Å². The smallest absolute Gasteiger partial charge is 0.490 e. The molecule has 276 valence electrons. The quantitative estimate of drug-likeness (QED) is 0.128. The molecule has 1 aromatic heterocycles. The highest BCUT2D eigenvalue weighted by Gasteiger charge is 2.41. The largest absolute Gasteiger partial charge is 0.494 e. The zero-order valence-electron chi connectivity index (χ0n) is 28.2. The van der Waals surface area contributed by atoms with Crippen LogP contribution in [-0.4, -0.2) is 67.8 Å². The van der Waals surface area contributed by atoms with Crippen LogP contribution in [0.15, 0.2) is 71.8 Å². The number of halogens is 4. The number of alkyl halides is 3. The van der Waals surface area contributed by atoms with Crippen molar-refractivity contribution in [2.45, 2.75) is 55.1 Å². The van der Waals surface area contributed by atoms with Crippen molar-refractivity contribution in [3.63, 3.8) is 0 Å². The van der Waals surface area contributed by atoms with Crippen molar-refractivity contribution in [1.82, 2.24) is 9.88 Å². The Bertz CT molecular complexity index is 2130. The summed E-state index contributed by atoms with van der Waals surface area (Å²) in [4.78, 5) is 43.7. The van der Waals surface area contributed by atoms with Gasteiger partial charge in [0.1, 0.15) is 11.9 Å². The summed E-state index contributed by atoms with van der Waals surface area (Å²) in [6.45, 7) is 1.91. The van der Waals surface area contributed by atoms with Gasteiger partial charge in [0, 0.05) is 29.5 Å². The number of esters is 1. The molecule has 3 aromatic carbocycles. The molecule has 0 radical (unpaired) electrons. The number of nitrogens with one attached hydrogen (secondary N) is 2. The molecule has 2 heterocycles. The second kappa shape index (κ2) is 15.0. The number of ether oxygens (including phenoxy) is 2. The van der Waals surface area contributed by atoms with Crippen molar-refractivity contribution >= 4 is 55.6 Å². The summed E-state index contributed by atoms with van der Waals surface area (Å²) in [5.41, 5.74) is 7.02. The number of nitrogens with zero attached hydrogens (tertiary/aromatic N) is 2. The minimum absolute atomic E-state index is 0.00654. The Morgan fingerprint density at radius 3 is 2.46 bits per heavy atom. The van der Waals surface area contributed by atoms with Crippen LogP contribution in [0.2, 0.25) is 0 Å². The molecule has 4 N–H and O–H groups in total. The highest BCUT2D eigenvalue weighted by molar-refractivity contribution is 7.92. The highest BCUT2D eigenvalue weighted by atomic mass is 32.2. The number of pyridine rings is 1. The normalized spacial score (nSPS) is 15.4. The maximum absolute atomic E-state index is 14.7. The van der Waals surface area contributed by atoms with Crippen LogP contribution >= 0.6 is 0 Å². The van der Waals surface area contributed by atoms with E-state index in [1.54, 1.807) is 24.3 Å². The van der Waals surface area contributed by atoms with Crippen molar-refractivity contribution in [1.29, 1.82) is 0 Å². The van der Waals surface area contributed by atoms with E-state index in [0.29, 0.717) is 35.3 Å². The molecule has 1 saturated heterocycles. The van der Waals surface area contributed by atoms with Crippen LogP contribution < -0.4 is 21.1 Å². The predicted octanol–water partition coefficient (Wildman–Crippen LogP) is 5.71. The lowest BCUT2D eigenvalue weighted by Crippen LogP contribution is -2.38. The molecule has 17 heteroatoms. The number of fused-ring (bicyclic) bond motifs is 1. The molecule has 1 aliphatic rings. The van der Waals surface area contributed by atoms with Gasteiger partial charge >= 0.3 is 12.1 Å². The predicted molar refractivity (Wildman–Crippen MR) is 184 cm³/mol. The van der Waals surface area contributed by atoms with E-state index in [0.717, 1.165) is 11.5 Å². The van der Waals surface area contributed by atoms with Crippen LogP contribution in [0, 0.1) is 5.82 Å². The number of hydrogen-bond donors (Lipinski definition) is 3. The highest BCUT2D eigenvalue weighted by Crippen LogP contribution is 2.40. The molecule has 12 nitrogen and oxygen atoms in total. The number of amides is 2. The van der Waals surface area contributed by atoms with E-state index in [1.165, 1.54) is 62.4 Å². The molecule has 52 heavy (non-hydrogen) atoms. The van der Waals surface area contributed by atoms with Gasteiger partial charge in [-0.1, -0.05) is 6.07 Å². The molecule has 1 aliphatic heterocycles. The van der Waals surface area contributed by atoms with E-state index in [2.05, 4.69) is 20.4 Å². The first-order chi connectivity index (χ1) is 24.5. The average molecular weight is 746 g/mol. The van der Waals surface area contributed by atoms with Gasteiger partial charge in [0.15, 0.2) is 28.0 Å². The minimum Gasteiger partial charge on any atom is -0.494 e. The maximum atomic E-state index is 14.7. The number of methoxy groups -OCH3 is 1. The second-order valence-corrected chi connectivity index (χ2v) is 14.7. The van der Waals surface area contributed by atoms with Gasteiger partial charge in [0.05, 0.1) is 23.3 Å². The van der Waals surface area contributed by atoms with Crippen LogP contribution in [0.3, 0.4) is 0 Å². The fourth-order valence-corrected chi connectivity index (χ4v) is 7.22. The summed E-state index contributed by atoms with van der Waals surface area (Å²) < 4.78 is 88.6. The van der Waals surface area contributed by atoms with Gasteiger partial charge in [-0.3, -0.25) is 9.59 Å². The summed E-state index contributed by atoms with van der Waals surface area (Å²) in [6.07, 6.45) is -2.99. The monoisotopic (exact) mass is 745 g/mol. The summed E-state index contributed by atoms with van der Waals surface area (Å²) in [5.74, 6) is -4.60. The Labute approximate surface area is 296 Å². The molecule has 2 amide bonds. The van der Waals surface area contributed by atoms with E-state index in [4.69, 9.17) is 10.5 Å². The number of anilines is 3. The SMILES string of the molecule is COc1cc(C(Nc2ccc3c(N)nccc3c2)C(=O)N2CCCC2c2cc(NC(=O)COC(=O)C(F)(F)F)ccc2S(=O)(=O)C(C)C)ccc1F. The zero-order valence-corrected chi connectivity index (χ0v) is 29.0. The Morgan fingerprint density at radius 2 is 1.77 bits per heavy atom. The van der Waals surface area contributed by atoms with Gasteiger partial charge < -0.3 is 30.7 Å². The molecule has 2 atom stereocenters. The third kappa shape index (κ3) is 8.03. The van der Waals surface area contributed by atoms with Crippen molar-refractivity contribution in [2.75, 3.05) is 36.6 Å². The summed E-state index contributed by atoms with van der Waals surface area (Å²) in [6, 6.07) is 12.8. The van der Waals surface area contributed by atoms with Crippen molar-refractivity contribution in [2.24, 2.45) is 0 Å². The first-order valence-electron chi connectivity index (χ1n) is 16.0. The van der Waals surface area contributed by atoms with E-state index in [1.807, 2.05) is 0 Å². The van der Waals surface area contributed by atoms with Gasteiger partial charge in [0.2, 0.25) is 5.91 Å². The zero-order chi connectivity index (χ0) is 38.0. The Hall–Kier alpha value is -5.45. The Kier molecular flexibility index (Phi) is 10.9. The van der Waals surface area contributed by atoms with Crippen LogP contribution in [-0.2, 0) is 29.0 Å². The minimum atomic E-state index is -5.30. The average Bonchev–Trinajstić information content (AvgIpc) is 3.59. The third-order valence-electron chi connectivity index (χ3n) is 8.54. The van der Waals surface area contributed by atoms with E-state index >= 15 is 0 Å². The number of benzene rings is 3. The number of aromatic nitrogens is 1. The molecule has 2 unspecified atom stereocenters. The lowest BCUT2D eigenvalue weighted by Gasteiger charge is -2.32. The molecule has 1 fully saturated rings. The van der Waals surface area contributed by atoms with Crippen molar-refractivity contribution in [3.05, 3.63) is 83.8 Å². The van der Waals surface area contributed by atoms with E-state index in [9.17, 15) is 40.4 Å². The second-order valence-electron chi connectivity index (χ2n) is 12.3. The molecule has 0 spiro atoms. The molecule has 0 aliphatic carbocycles. The first kappa shape index (κ1) is 37.8. The third-order valence-corrected chi connectivity index (χ3v) is 10.8. The molecular weight excluding hydrogens is 710 g/mol. The maximum Gasteiger partial charge on any atom is 0.490 e. The fraction of sp³-hybridized carbons (Fsp3) is 0.314. The molecule has 4 aromatic rings. The Balaban J connectivity index is 1.53. The molecular formula is C35H35F4N5O7S. The number of likely N-dealkylation sites (tertiary alicyclic amines) is 1. The summed E-state index contributed by atoms with van der Waals surface area (Å²) in [5, 5.41) is 6.10. The van der Waals surface area contributed by atoms with Crippen LogP contribution in [0.1, 0.15) is 49.9 Å². The summed E-state index contributed by atoms with van der Waals surface area (Å²) >= 11 is 0. The van der Waals surface area contributed by atoms with Crippen molar-refractivity contribution in [3.8, 4) is 5.75 Å². The number of carbonyl (C=O) groups excluding carboxylic acids is 3. The van der Waals surface area contributed by atoms with Crippen LogP contribution in [0.5, 0.6) is 5.75 Å². The van der Waals surface area contributed by atoms with Crippen molar-refractivity contribution < 1.29 is 49.8 Å². The number of nitrogens with two attached hydrogens (primary N) is 1. The number of rotatable bonds is 11. The number of hydrogen-bond acceptors (Lipinski definition) is 10. The van der Waals surface area contributed by atoms with Gasteiger partial charge in [-0.15, -0.1) is 0 Å². The standard InChI is InChI=1S/C35H35F4N5O7S/c1-19(2)52(48,49)29-11-8-23(42-30(45)18-51-34(47)35(37,38)39)17-25(29)27-5-4-14-44(27)33(46)31(21-6-10-26(36)28(16-21)50-3)43-22-7-9-24-20(15-22)12-13-41-32(24)40/h6-13,15-17,19,27,31,43H,4-5,14,18H2,1-3H3,(H2,40,41)(H,42,45). The van der Waals surface area contributed by atoms with Gasteiger partial charge in [-0.25, -0.2) is 22.6 Å².